The van der Waals surface area contributed by atoms with Crippen LogP contribution in [0, 0.1) is 0 Å². The van der Waals surface area contributed by atoms with Crippen molar-refractivity contribution in [1.82, 2.24) is 4.90 Å². The van der Waals surface area contributed by atoms with Crippen molar-refractivity contribution in [1.29, 1.82) is 0 Å². The number of anilines is 1. The molecule has 0 saturated carbocycles. The van der Waals surface area contributed by atoms with E-state index in [0.29, 0.717) is 29.4 Å². The molecule has 1 saturated heterocycles. The van der Waals surface area contributed by atoms with Crippen LogP contribution in [0.3, 0.4) is 0 Å². The summed E-state index contributed by atoms with van der Waals surface area (Å²) < 4.78 is 10.3. The third-order valence-electron chi connectivity index (χ3n) is 3.19. The Morgan fingerprint density at radius 3 is 2.95 bits per heavy atom. The summed E-state index contributed by atoms with van der Waals surface area (Å²) in [5, 5.41) is 3.26. The lowest BCUT2D eigenvalue weighted by Crippen LogP contribution is -2.20. The number of hydrogen-bond donors (Lipinski definition) is 1. The summed E-state index contributed by atoms with van der Waals surface area (Å²) in [6.07, 6.45) is 0.137. The first kappa shape index (κ1) is 15.4. The molecule has 114 valence electrons. The average molecular weight is 313 g/mol. The number of rotatable bonds is 5. The first-order chi connectivity index (χ1) is 9.99. The van der Waals surface area contributed by atoms with Crippen LogP contribution in [0.25, 0.3) is 0 Å². The van der Waals surface area contributed by atoms with Gasteiger partial charge in [-0.1, -0.05) is 11.6 Å². The lowest BCUT2D eigenvalue weighted by Gasteiger charge is -2.11. The van der Waals surface area contributed by atoms with E-state index in [9.17, 15) is 9.59 Å². The lowest BCUT2D eigenvalue weighted by molar-refractivity contribution is -0.116. The maximum Gasteiger partial charge on any atom is 0.409 e. The fraction of sp³-hybridized carbons (Fsp3) is 0.429. The number of nitrogens with one attached hydrogen (secondary N) is 1. The highest BCUT2D eigenvalue weighted by Crippen LogP contribution is 2.28. The van der Waals surface area contributed by atoms with Gasteiger partial charge in [-0.25, -0.2) is 4.79 Å². The second-order valence-electron chi connectivity index (χ2n) is 4.82. The number of methoxy groups -OCH3 is 1. The van der Waals surface area contributed by atoms with Crippen LogP contribution >= 0.6 is 11.6 Å². The Kier molecular flexibility index (Phi) is 4.90. The van der Waals surface area contributed by atoms with Crippen LogP contribution in [0.5, 0.6) is 5.75 Å². The zero-order chi connectivity index (χ0) is 15.4. The van der Waals surface area contributed by atoms with Gasteiger partial charge in [0.25, 0.3) is 0 Å². The summed E-state index contributed by atoms with van der Waals surface area (Å²) in [5.41, 5.74) is 0.524. The van der Waals surface area contributed by atoms with Gasteiger partial charge in [-0.2, -0.15) is 0 Å². The second kappa shape index (κ2) is 6.67. The standard InChI is InChI=1S/C14H17ClN2O4/c1-17-8-10(21-14(17)19)4-6-13(18)16-11-7-9(15)3-5-12(11)20-2/h3,5,7,10H,4,6,8H2,1-2H3,(H,16,18). The molecule has 1 aliphatic heterocycles. The summed E-state index contributed by atoms with van der Waals surface area (Å²) in [7, 11) is 3.19. The molecule has 0 spiro atoms. The zero-order valence-electron chi connectivity index (χ0n) is 11.9. The first-order valence-electron chi connectivity index (χ1n) is 6.54. The van der Waals surface area contributed by atoms with Gasteiger partial charge in [0, 0.05) is 18.5 Å². The van der Waals surface area contributed by atoms with E-state index in [-0.39, 0.29) is 24.5 Å². The van der Waals surface area contributed by atoms with Gasteiger partial charge in [0.2, 0.25) is 5.91 Å². The smallest absolute Gasteiger partial charge is 0.409 e. The van der Waals surface area contributed by atoms with E-state index in [0.717, 1.165) is 0 Å². The Morgan fingerprint density at radius 2 is 2.33 bits per heavy atom. The van der Waals surface area contributed by atoms with E-state index in [1.54, 1.807) is 25.2 Å². The fourth-order valence-corrected chi connectivity index (χ4v) is 2.25. The van der Waals surface area contributed by atoms with Crippen molar-refractivity contribution >= 4 is 29.3 Å². The number of halogens is 1. The van der Waals surface area contributed by atoms with Gasteiger partial charge >= 0.3 is 6.09 Å². The van der Waals surface area contributed by atoms with Crippen LogP contribution in [-0.4, -0.2) is 43.7 Å². The molecule has 1 heterocycles. The number of cyclic esters (lactones) is 1. The minimum Gasteiger partial charge on any atom is -0.495 e. The van der Waals surface area contributed by atoms with Crippen LogP contribution in [0.15, 0.2) is 18.2 Å². The number of amides is 2. The molecule has 6 nitrogen and oxygen atoms in total. The van der Waals surface area contributed by atoms with Gasteiger partial charge in [-0.05, 0) is 24.6 Å². The Labute approximate surface area is 128 Å². The van der Waals surface area contributed by atoms with Crippen molar-refractivity contribution in [3.8, 4) is 5.75 Å². The molecule has 2 amide bonds. The van der Waals surface area contributed by atoms with E-state index in [1.807, 2.05) is 0 Å². The van der Waals surface area contributed by atoms with Crippen molar-refractivity contribution in [3.63, 3.8) is 0 Å². The molecular formula is C14H17ClN2O4. The molecule has 0 aromatic heterocycles. The maximum atomic E-state index is 11.9. The van der Waals surface area contributed by atoms with Gasteiger partial charge in [0.05, 0.1) is 19.3 Å². The summed E-state index contributed by atoms with van der Waals surface area (Å²) in [6, 6.07) is 5.00. The second-order valence-corrected chi connectivity index (χ2v) is 5.25. The van der Waals surface area contributed by atoms with Gasteiger partial charge < -0.3 is 19.7 Å². The zero-order valence-corrected chi connectivity index (χ0v) is 12.6. The molecule has 1 aromatic rings. The van der Waals surface area contributed by atoms with Crippen LogP contribution in [-0.2, 0) is 9.53 Å². The van der Waals surface area contributed by atoms with Gasteiger partial charge in [0.1, 0.15) is 11.9 Å². The number of hydrogen-bond acceptors (Lipinski definition) is 4. The van der Waals surface area contributed by atoms with Crippen LogP contribution in [0.1, 0.15) is 12.8 Å². The number of carbonyl (C=O) groups excluding carboxylic acids is 2. The summed E-state index contributed by atoms with van der Waals surface area (Å²) in [6.45, 7) is 0.507. The van der Waals surface area contributed by atoms with E-state index >= 15 is 0 Å². The van der Waals surface area contributed by atoms with Crippen molar-refractivity contribution < 1.29 is 19.1 Å². The van der Waals surface area contributed by atoms with Crippen molar-refractivity contribution in [3.05, 3.63) is 23.2 Å². The van der Waals surface area contributed by atoms with Crippen LogP contribution in [0.2, 0.25) is 5.02 Å². The normalized spacial score (nSPS) is 17.6. The molecule has 0 bridgehead atoms. The molecule has 1 aliphatic rings. The minimum absolute atomic E-state index is 0.179. The van der Waals surface area contributed by atoms with Crippen LogP contribution < -0.4 is 10.1 Å². The highest BCUT2D eigenvalue weighted by molar-refractivity contribution is 6.31. The fourth-order valence-electron chi connectivity index (χ4n) is 2.08. The molecule has 21 heavy (non-hydrogen) atoms. The summed E-state index contributed by atoms with van der Waals surface area (Å²) in [4.78, 5) is 24.6. The van der Waals surface area contributed by atoms with E-state index in [4.69, 9.17) is 21.1 Å². The van der Waals surface area contributed by atoms with Gasteiger partial charge in [-0.3, -0.25) is 4.79 Å². The van der Waals surface area contributed by atoms with Gasteiger partial charge in [-0.15, -0.1) is 0 Å². The highest BCUT2D eigenvalue weighted by Gasteiger charge is 2.28. The lowest BCUT2D eigenvalue weighted by atomic mass is 10.2. The van der Waals surface area contributed by atoms with E-state index < -0.39 is 0 Å². The van der Waals surface area contributed by atoms with Crippen molar-refractivity contribution in [2.45, 2.75) is 18.9 Å². The number of nitrogens with zero attached hydrogens (tertiary/aromatic N) is 1. The minimum atomic E-state index is -0.350. The third kappa shape index (κ3) is 4.01. The Bertz CT molecular complexity index is 550. The molecule has 0 radical (unpaired) electrons. The molecule has 7 heteroatoms. The van der Waals surface area contributed by atoms with Gasteiger partial charge in [0.15, 0.2) is 0 Å². The van der Waals surface area contributed by atoms with Crippen LogP contribution in [0.4, 0.5) is 10.5 Å². The highest BCUT2D eigenvalue weighted by atomic mass is 35.5. The Hall–Kier alpha value is -1.95. The topological polar surface area (TPSA) is 67.9 Å². The predicted octanol–water partition coefficient (Wildman–Crippen LogP) is 2.52. The number of benzene rings is 1. The summed E-state index contributed by atoms with van der Waals surface area (Å²) >= 11 is 5.90. The molecule has 1 atom stereocenters. The Balaban J connectivity index is 1.88. The van der Waals surface area contributed by atoms with E-state index in [1.165, 1.54) is 12.0 Å². The SMILES string of the molecule is COc1ccc(Cl)cc1NC(=O)CCC1CN(C)C(=O)O1. The number of carbonyl (C=O) groups is 2. The average Bonchev–Trinajstić information content (AvgIpc) is 2.76. The Morgan fingerprint density at radius 1 is 1.57 bits per heavy atom. The summed E-state index contributed by atoms with van der Waals surface area (Å²) in [5.74, 6) is 0.362. The largest absolute Gasteiger partial charge is 0.495 e. The molecule has 0 aliphatic carbocycles. The number of ether oxygens (including phenoxy) is 2. The third-order valence-corrected chi connectivity index (χ3v) is 3.42. The quantitative estimate of drug-likeness (QED) is 0.907. The molecule has 1 unspecified atom stereocenters. The molecular weight excluding hydrogens is 296 g/mol. The molecule has 1 fully saturated rings. The van der Waals surface area contributed by atoms with Crippen molar-refractivity contribution in [2.24, 2.45) is 0 Å². The maximum absolute atomic E-state index is 11.9. The first-order valence-corrected chi connectivity index (χ1v) is 6.92. The molecule has 1 aromatic carbocycles. The predicted molar refractivity (Wildman–Crippen MR) is 78.8 cm³/mol. The monoisotopic (exact) mass is 312 g/mol. The molecule has 2 rings (SSSR count). The number of likely N-dealkylation sites (N-methyl/N-ethyl adjacent to an activating group) is 1. The van der Waals surface area contributed by atoms with Crippen molar-refractivity contribution in [2.75, 3.05) is 26.0 Å². The molecule has 1 N–H and O–H groups in total. The van der Waals surface area contributed by atoms with E-state index in [2.05, 4.69) is 5.32 Å².